The van der Waals surface area contributed by atoms with E-state index in [9.17, 15) is 4.79 Å². The second kappa shape index (κ2) is 5.88. The second-order valence-corrected chi connectivity index (χ2v) is 6.96. The number of rotatable bonds is 2. The number of hydrogen-bond acceptors (Lipinski definition) is 2. The molecule has 114 valence electrons. The van der Waals surface area contributed by atoms with Gasteiger partial charge in [-0.1, -0.05) is 31.4 Å². The number of amides is 1. The minimum Gasteiger partial charge on any atom is -0.368 e. The van der Waals surface area contributed by atoms with Crippen LogP contribution >= 0.6 is 11.6 Å². The van der Waals surface area contributed by atoms with E-state index in [1.807, 2.05) is 12.1 Å². The van der Waals surface area contributed by atoms with E-state index in [1.54, 1.807) is 0 Å². The van der Waals surface area contributed by atoms with Gasteiger partial charge in [0.15, 0.2) is 0 Å². The van der Waals surface area contributed by atoms with E-state index in [1.165, 1.54) is 18.5 Å². The monoisotopic (exact) mass is 306 g/mol. The highest BCUT2D eigenvalue weighted by Gasteiger charge is 2.39. The lowest BCUT2D eigenvalue weighted by molar-refractivity contribution is -0.141. The Morgan fingerprint density at radius 1 is 1.05 bits per heavy atom. The maximum atomic E-state index is 12.7. The van der Waals surface area contributed by atoms with Gasteiger partial charge in [0.1, 0.15) is 0 Å². The minimum absolute atomic E-state index is 0.0948. The number of carbonyl (C=O) groups is 1. The number of nitrogens with zero attached hydrogens (tertiary/aromatic N) is 2. The van der Waals surface area contributed by atoms with Gasteiger partial charge in [0.05, 0.1) is 0 Å². The van der Waals surface area contributed by atoms with Gasteiger partial charge in [0, 0.05) is 42.3 Å². The SMILES string of the molecule is CC1(C(=O)N2CCN(c3ccc(Cl)cc3)CC2)CCCC1. The van der Waals surface area contributed by atoms with Crippen LogP contribution in [-0.4, -0.2) is 37.0 Å². The fourth-order valence-electron chi connectivity index (χ4n) is 3.57. The summed E-state index contributed by atoms with van der Waals surface area (Å²) in [6, 6.07) is 7.96. The summed E-state index contributed by atoms with van der Waals surface area (Å²) >= 11 is 5.93. The van der Waals surface area contributed by atoms with E-state index >= 15 is 0 Å². The van der Waals surface area contributed by atoms with Crippen molar-refractivity contribution < 1.29 is 4.79 Å². The van der Waals surface area contributed by atoms with Crippen LogP contribution in [0.3, 0.4) is 0 Å². The molecule has 1 saturated heterocycles. The molecule has 1 heterocycles. The Morgan fingerprint density at radius 2 is 1.62 bits per heavy atom. The van der Waals surface area contributed by atoms with Crippen molar-refractivity contribution in [2.45, 2.75) is 32.6 Å². The third kappa shape index (κ3) is 3.03. The summed E-state index contributed by atoms with van der Waals surface area (Å²) in [7, 11) is 0. The molecule has 21 heavy (non-hydrogen) atoms. The van der Waals surface area contributed by atoms with Crippen LogP contribution in [0.1, 0.15) is 32.6 Å². The summed E-state index contributed by atoms with van der Waals surface area (Å²) in [6.07, 6.45) is 4.52. The summed E-state index contributed by atoms with van der Waals surface area (Å²) in [6.45, 7) is 5.62. The Bertz CT molecular complexity index is 500. The first-order chi connectivity index (χ1) is 10.1. The standard InChI is InChI=1S/C17H23ClN2O/c1-17(8-2-3-9-17)16(21)20-12-10-19(11-13-20)15-6-4-14(18)5-7-15/h4-7H,2-3,8-13H2,1H3. The van der Waals surface area contributed by atoms with Crippen LogP contribution in [-0.2, 0) is 4.79 Å². The number of halogens is 1. The van der Waals surface area contributed by atoms with Gasteiger partial charge in [-0.25, -0.2) is 0 Å². The first-order valence-corrected chi connectivity index (χ1v) is 8.26. The van der Waals surface area contributed by atoms with Crippen molar-refractivity contribution in [3.05, 3.63) is 29.3 Å². The largest absolute Gasteiger partial charge is 0.368 e. The first-order valence-electron chi connectivity index (χ1n) is 7.88. The molecular weight excluding hydrogens is 284 g/mol. The van der Waals surface area contributed by atoms with Crippen LogP contribution in [0.25, 0.3) is 0 Å². The Morgan fingerprint density at radius 3 is 2.19 bits per heavy atom. The van der Waals surface area contributed by atoms with Gasteiger partial charge in [-0.3, -0.25) is 4.79 Å². The van der Waals surface area contributed by atoms with Gasteiger partial charge >= 0.3 is 0 Å². The van der Waals surface area contributed by atoms with Crippen molar-refractivity contribution in [3.63, 3.8) is 0 Å². The van der Waals surface area contributed by atoms with Gasteiger partial charge in [-0.2, -0.15) is 0 Å². The number of piperazine rings is 1. The van der Waals surface area contributed by atoms with Crippen molar-refractivity contribution in [3.8, 4) is 0 Å². The lowest BCUT2D eigenvalue weighted by atomic mass is 9.87. The zero-order chi connectivity index (χ0) is 14.9. The van der Waals surface area contributed by atoms with E-state index < -0.39 is 0 Å². The molecule has 0 aromatic heterocycles. The van der Waals surface area contributed by atoms with Crippen LogP contribution in [0.4, 0.5) is 5.69 Å². The van der Waals surface area contributed by atoms with Crippen molar-refractivity contribution in [2.75, 3.05) is 31.1 Å². The van der Waals surface area contributed by atoms with Gasteiger partial charge in [0.25, 0.3) is 0 Å². The summed E-state index contributed by atoms with van der Waals surface area (Å²) in [5, 5.41) is 0.765. The molecule has 1 aliphatic carbocycles. The molecule has 1 aromatic carbocycles. The van der Waals surface area contributed by atoms with E-state index in [0.29, 0.717) is 5.91 Å². The third-order valence-electron chi connectivity index (χ3n) is 4.98. The third-order valence-corrected chi connectivity index (χ3v) is 5.23. The molecule has 0 radical (unpaired) electrons. The number of carbonyl (C=O) groups excluding carboxylic acids is 1. The molecule has 1 amide bonds. The van der Waals surface area contributed by atoms with Gasteiger partial charge in [0.2, 0.25) is 5.91 Å². The maximum absolute atomic E-state index is 12.7. The Labute approximate surface area is 131 Å². The van der Waals surface area contributed by atoms with E-state index in [2.05, 4.69) is 28.9 Å². The molecule has 3 rings (SSSR count). The summed E-state index contributed by atoms with van der Waals surface area (Å²) in [4.78, 5) is 17.1. The average Bonchev–Trinajstić information content (AvgIpc) is 2.96. The Hall–Kier alpha value is -1.22. The molecule has 0 N–H and O–H groups in total. The minimum atomic E-state index is -0.0948. The molecule has 0 atom stereocenters. The zero-order valence-electron chi connectivity index (χ0n) is 12.6. The van der Waals surface area contributed by atoms with Gasteiger partial charge in [-0.05, 0) is 37.1 Å². The molecule has 1 aliphatic heterocycles. The molecule has 0 unspecified atom stereocenters. The van der Waals surface area contributed by atoms with Crippen molar-refractivity contribution in [2.24, 2.45) is 5.41 Å². The molecule has 1 saturated carbocycles. The number of hydrogen-bond donors (Lipinski definition) is 0. The normalized spacial score (nSPS) is 21.6. The smallest absolute Gasteiger partial charge is 0.228 e. The number of benzene rings is 1. The second-order valence-electron chi connectivity index (χ2n) is 6.52. The summed E-state index contributed by atoms with van der Waals surface area (Å²) in [5.41, 5.74) is 1.10. The van der Waals surface area contributed by atoms with E-state index in [-0.39, 0.29) is 5.41 Å². The molecule has 4 heteroatoms. The fourth-order valence-corrected chi connectivity index (χ4v) is 3.70. The Kier molecular flexibility index (Phi) is 4.12. The summed E-state index contributed by atoms with van der Waals surface area (Å²) < 4.78 is 0. The van der Waals surface area contributed by atoms with Crippen LogP contribution in [0, 0.1) is 5.41 Å². The molecule has 2 aliphatic rings. The lowest BCUT2D eigenvalue weighted by Gasteiger charge is -2.39. The zero-order valence-corrected chi connectivity index (χ0v) is 13.4. The highest BCUT2D eigenvalue weighted by atomic mass is 35.5. The quantitative estimate of drug-likeness (QED) is 0.834. The van der Waals surface area contributed by atoms with Crippen molar-refractivity contribution in [1.29, 1.82) is 0 Å². The number of anilines is 1. The van der Waals surface area contributed by atoms with Crippen molar-refractivity contribution in [1.82, 2.24) is 4.90 Å². The fraction of sp³-hybridized carbons (Fsp3) is 0.588. The summed E-state index contributed by atoms with van der Waals surface area (Å²) in [5.74, 6) is 0.371. The van der Waals surface area contributed by atoms with Crippen LogP contribution in [0.5, 0.6) is 0 Å². The van der Waals surface area contributed by atoms with Crippen molar-refractivity contribution >= 4 is 23.2 Å². The average molecular weight is 307 g/mol. The van der Waals surface area contributed by atoms with E-state index in [0.717, 1.165) is 44.0 Å². The van der Waals surface area contributed by atoms with Gasteiger partial charge < -0.3 is 9.80 Å². The Balaban J connectivity index is 1.60. The molecular formula is C17H23ClN2O. The predicted molar refractivity (Wildman–Crippen MR) is 86.8 cm³/mol. The molecule has 1 aromatic rings. The molecule has 3 nitrogen and oxygen atoms in total. The molecule has 2 fully saturated rings. The topological polar surface area (TPSA) is 23.6 Å². The molecule has 0 spiro atoms. The maximum Gasteiger partial charge on any atom is 0.228 e. The van der Waals surface area contributed by atoms with Crippen LogP contribution < -0.4 is 4.90 Å². The van der Waals surface area contributed by atoms with E-state index in [4.69, 9.17) is 11.6 Å². The molecule has 0 bridgehead atoms. The van der Waals surface area contributed by atoms with Gasteiger partial charge in [-0.15, -0.1) is 0 Å². The highest BCUT2D eigenvalue weighted by Crippen LogP contribution is 2.39. The lowest BCUT2D eigenvalue weighted by Crippen LogP contribution is -2.52. The predicted octanol–water partition coefficient (Wildman–Crippen LogP) is 3.57. The van der Waals surface area contributed by atoms with Crippen LogP contribution in [0.15, 0.2) is 24.3 Å². The first kappa shape index (κ1) is 14.7. The highest BCUT2D eigenvalue weighted by molar-refractivity contribution is 6.30. The van der Waals surface area contributed by atoms with Crippen LogP contribution in [0.2, 0.25) is 5.02 Å².